The van der Waals surface area contributed by atoms with Gasteiger partial charge in [0, 0.05) is 11.1 Å². The van der Waals surface area contributed by atoms with Crippen molar-refractivity contribution >= 4 is 33.3 Å². The number of nitrogens with zero attached hydrogens (tertiary/aromatic N) is 1. The number of anilines is 1. The molecule has 0 spiro atoms. The molecule has 0 aliphatic carbocycles. The van der Waals surface area contributed by atoms with Crippen LogP contribution in [0.1, 0.15) is 0 Å². The zero-order valence-corrected chi connectivity index (χ0v) is 10.5. The first-order valence-corrected chi connectivity index (χ1v) is 5.68. The maximum absolute atomic E-state index is 5.82. The van der Waals surface area contributed by atoms with Crippen LogP contribution in [0.3, 0.4) is 0 Å². The van der Waals surface area contributed by atoms with E-state index in [1.807, 2.05) is 0 Å². The number of ether oxygens (including phenoxy) is 1. The fraction of sp³-hybridized carbons (Fsp3) is 0. The number of aromatic nitrogens is 1. The maximum atomic E-state index is 5.82. The van der Waals surface area contributed by atoms with E-state index in [1.165, 1.54) is 0 Å². The number of benzene rings is 1. The van der Waals surface area contributed by atoms with E-state index in [2.05, 4.69) is 20.9 Å². The second kappa shape index (κ2) is 4.72. The van der Waals surface area contributed by atoms with Crippen LogP contribution in [0.15, 0.2) is 40.9 Å². The number of halogens is 2. The molecular formula is C11H8BrClN2O. The topological polar surface area (TPSA) is 48.1 Å². The van der Waals surface area contributed by atoms with Gasteiger partial charge in [-0.05, 0) is 40.2 Å². The van der Waals surface area contributed by atoms with Gasteiger partial charge in [0.15, 0.2) is 0 Å². The van der Waals surface area contributed by atoms with Crippen molar-refractivity contribution in [3.8, 4) is 11.6 Å². The summed E-state index contributed by atoms with van der Waals surface area (Å²) in [6, 6.07) is 10.5. The third-order valence-electron chi connectivity index (χ3n) is 1.85. The summed E-state index contributed by atoms with van der Waals surface area (Å²) in [5, 5.41) is 0.639. The van der Waals surface area contributed by atoms with Gasteiger partial charge in [0.1, 0.15) is 11.6 Å². The van der Waals surface area contributed by atoms with Crippen LogP contribution in [0.5, 0.6) is 11.6 Å². The highest BCUT2D eigenvalue weighted by atomic mass is 79.9. The molecule has 2 rings (SSSR count). The Balaban J connectivity index is 2.27. The fourth-order valence-corrected chi connectivity index (χ4v) is 1.92. The third-order valence-corrected chi connectivity index (χ3v) is 2.71. The third kappa shape index (κ3) is 2.65. The maximum Gasteiger partial charge on any atom is 0.221 e. The van der Waals surface area contributed by atoms with Gasteiger partial charge >= 0.3 is 0 Å². The monoisotopic (exact) mass is 298 g/mol. The minimum Gasteiger partial charge on any atom is -0.438 e. The number of nitrogens with two attached hydrogens (primary N) is 1. The normalized spacial score (nSPS) is 10.1. The van der Waals surface area contributed by atoms with Crippen molar-refractivity contribution in [1.29, 1.82) is 0 Å². The van der Waals surface area contributed by atoms with E-state index in [1.54, 1.807) is 36.4 Å². The van der Waals surface area contributed by atoms with Crippen LogP contribution < -0.4 is 10.5 Å². The van der Waals surface area contributed by atoms with Crippen molar-refractivity contribution in [3.05, 3.63) is 45.9 Å². The average Bonchev–Trinajstić information content (AvgIpc) is 2.22. The molecule has 16 heavy (non-hydrogen) atoms. The van der Waals surface area contributed by atoms with E-state index < -0.39 is 0 Å². The van der Waals surface area contributed by atoms with Gasteiger partial charge < -0.3 is 10.5 Å². The van der Waals surface area contributed by atoms with Crippen LogP contribution in [0.4, 0.5) is 5.82 Å². The summed E-state index contributed by atoms with van der Waals surface area (Å²) >= 11 is 9.18. The van der Waals surface area contributed by atoms with E-state index in [9.17, 15) is 0 Å². The van der Waals surface area contributed by atoms with Crippen LogP contribution in [0, 0.1) is 0 Å². The molecule has 3 nitrogen and oxygen atoms in total. The largest absolute Gasteiger partial charge is 0.438 e. The highest BCUT2D eigenvalue weighted by Crippen LogP contribution is 2.31. The lowest BCUT2D eigenvalue weighted by Crippen LogP contribution is -1.93. The first-order valence-electron chi connectivity index (χ1n) is 4.50. The minimum absolute atomic E-state index is 0.419. The number of hydrogen-bond acceptors (Lipinski definition) is 3. The molecule has 0 fully saturated rings. The Bertz CT molecular complexity index is 519. The van der Waals surface area contributed by atoms with E-state index in [-0.39, 0.29) is 0 Å². The SMILES string of the molecule is Nc1cccc(Oc2ccc(Cl)cc2Br)n1. The van der Waals surface area contributed by atoms with Gasteiger partial charge in [0.2, 0.25) is 5.88 Å². The highest BCUT2D eigenvalue weighted by Gasteiger charge is 2.04. The Hall–Kier alpha value is -1.26. The van der Waals surface area contributed by atoms with Crippen LogP contribution >= 0.6 is 27.5 Å². The predicted octanol–water partition coefficient (Wildman–Crippen LogP) is 3.87. The van der Waals surface area contributed by atoms with Crippen LogP contribution in [0.25, 0.3) is 0 Å². The molecule has 0 aliphatic rings. The van der Waals surface area contributed by atoms with Crippen LogP contribution in [-0.4, -0.2) is 4.98 Å². The Kier molecular flexibility index (Phi) is 3.31. The second-order valence-electron chi connectivity index (χ2n) is 3.08. The van der Waals surface area contributed by atoms with Gasteiger partial charge in [-0.2, -0.15) is 4.98 Å². The molecular weight excluding hydrogens is 291 g/mol. The molecule has 0 unspecified atom stereocenters. The van der Waals surface area contributed by atoms with Crippen LogP contribution in [0.2, 0.25) is 5.02 Å². The molecule has 0 saturated carbocycles. The number of hydrogen-bond donors (Lipinski definition) is 1. The Labute approximate surface area is 106 Å². The second-order valence-corrected chi connectivity index (χ2v) is 4.37. The van der Waals surface area contributed by atoms with Gasteiger partial charge in [0.25, 0.3) is 0 Å². The molecule has 82 valence electrons. The van der Waals surface area contributed by atoms with Gasteiger partial charge in [-0.15, -0.1) is 0 Å². The molecule has 1 aromatic heterocycles. The van der Waals surface area contributed by atoms with E-state index in [0.29, 0.717) is 22.5 Å². The van der Waals surface area contributed by atoms with Crippen molar-refractivity contribution in [2.75, 3.05) is 5.73 Å². The average molecular weight is 300 g/mol. The van der Waals surface area contributed by atoms with Crippen molar-refractivity contribution in [1.82, 2.24) is 4.98 Å². The van der Waals surface area contributed by atoms with E-state index in [0.717, 1.165) is 4.47 Å². The van der Waals surface area contributed by atoms with Gasteiger partial charge in [0.05, 0.1) is 4.47 Å². The molecule has 0 aliphatic heterocycles. The Morgan fingerprint density at radius 1 is 1.25 bits per heavy atom. The molecule has 0 saturated heterocycles. The Morgan fingerprint density at radius 3 is 2.75 bits per heavy atom. The van der Waals surface area contributed by atoms with Gasteiger partial charge in [-0.3, -0.25) is 0 Å². The summed E-state index contributed by atoms with van der Waals surface area (Å²) in [5.74, 6) is 1.51. The summed E-state index contributed by atoms with van der Waals surface area (Å²) in [7, 11) is 0. The molecule has 0 amide bonds. The number of rotatable bonds is 2. The summed E-state index contributed by atoms with van der Waals surface area (Å²) < 4.78 is 6.32. The summed E-state index contributed by atoms with van der Waals surface area (Å²) in [6.45, 7) is 0. The lowest BCUT2D eigenvalue weighted by atomic mass is 10.3. The van der Waals surface area contributed by atoms with E-state index >= 15 is 0 Å². The molecule has 0 atom stereocenters. The number of nitrogen functional groups attached to an aromatic ring is 1. The molecule has 0 bridgehead atoms. The van der Waals surface area contributed by atoms with Crippen molar-refractivity contribution in [3.63, 3.8) is 0 Å². The molecule has 0 radical (unpaired) electrons. The van der Waals surface area contributed by atoms with Gasteiger partial charge in [-0.25, -0.2) is 0 Å². The van der Waals surface area contributed by atoms with Gasteiger partial charge in [-0.1, -0.05) is 17.7 Å². The Morgan fingerprint density at radius 2 is 2.06 bits per heavy atom. The van der Waals surface area contributed by atoms with Crippen LogP contribution in [-0.2, 0) is 0 Å². The molecule has 5 heteroatoms. The lowest BCUT2D eigenvalue weighted by molar-refractivity contribution is 0.461. The first kappa shape index (κ1) is 11.2. The molecule has 1 aromatic carbocycles. The van der Waals surface area contributed by atoms with Crippen molar-refractivity contribution in [2.24, 2.45) is 0 Å². The standard InChI is InChI=1S/C11H8BrClN2O/c12-8-6-7(13)4-5-9(8)16-11-3-1-2-10(14)15-11/h1-6H,(H2,14,15). The summed E-state index contributed by atoms with van der Waals surface area (Å²) in [5.41, 5.74) is 5.55. The van der Waals surface area contributed by atoms with E-state index in [4.69, 9.17) is 22.1 Å². The summed E-state index contributed by atoms with van der Waals surface area (Å²) in [6.07, 6.45) is 0. The minimum atomic E-state index is 0.419. The smallest absolute Gasteiger partial charge is 0.221 e. The zero-order chi connectivity index (χ0) is 11.5. The predicted molar refractivity (Wildman–Crippen MR) is 67.9 cm³/mol. The first-order chi connectivity index (χ1) is 7.65. The summed E-state index contributed by atoms with van der Waals surface area (Å²) in [4.78, 5) is 4.03. The number of pyridine rings is 1. The fourth-order valence-electron chi connectivity index (χ4n) is 1.16. The lowest BCUT2D eigenvalue weighted by Gasteiger charge is -2.07. The zero-order valence-electron chi connectivity index (χ0n) is 8.15. The molecule has 1 heterocycles. The highest BCUT2D eigenvalue weighted by molar-refractivity contribution is 9.10. The van der Waals surface area contributed by atoms with Crippen molar-refractivity contribution in [2.45, 2.75) is 0 Å². The van der Waals surface area contributed by atoms with Crippen molar-refractivity contribution < 1.29 is 4.74 Å². The molecule has 2 aromatic rings. The quantitative estimate of drug-likeness (QED) is 0.915. The molecule has 2 N–H and O–H groups in total.